The van der Waals surface area contributed by atoms with Gasteiger partial charge in [-0.25, -0.2) is 4.79 Å². The first-order valence-electron chi connectivity index (χ1n) is 8.52. The van der Waals surface area contributed by atoms with Gasteiger partial charge in [0.15, 0.2) is 0 Å². The number of carbonyl (C=O) groups is 1. The molecule has 0 radical (unpaired) electrons. The molecule has 128 valence electrons. The quantitative estimate of drug-likeness (QED) is 0.919. The van der Waals surface area contributed by atoms with Gasteiger partial charge in [0.25, 0.3) is 0 Å². The van der Waals surface area contributed by atoms with Crippen LogP contribution in [0.5, 0.6) is 0 Å². The predicted molar refractivity (Wildman–Crippen MR) is 91.4 cm³/mol. The van der Waals surface area contributed by atoms with Crippen molar-refractivity contribution in [3.05, 3.63) is 35.9 Å². The van der Waals surface area contributed by atoms with E-state index in [1.54, 1.807) is 4.90 Å². The smallest absolute Gasteiger partial charge is 0.410 e. The van der Waals surface area contributed by atoms with Crippen LogP contribution >= 0.6 is 0 Å². The third-order valence-corrected chi connectivity index (χ3v) is 4.30. The van der Waals surface area contributed by atoms with Crippen molar-refractivity contribution in [1.82, 2.24) is 4.90 Å². The minimum Gasteiger partial charge on any atom is -0.444 e. The maximum absolute atomic E-state index is 12.0. The van der Waals surface area contributed by atoms with E-state index in [-0.39, 0.29) is 6.09 Å². The second-order valence-electron chi connectivity index (χ2n) is 7.53. The molecule has 1 saturated heterocycles. The Morgan fingerprint density at radius 1 is 1.22 bits per heavy atom. The molecular formula is C19H29NO3. The van der Waals surface area contributed by atoms with Crippen molar-refractivity contribution in [3.8, 4) is 0 Å². The lowest BCUT2D eigenvalue weighted by molar-refractivity contribution is -0.0374. The summed E-state index contributed by atoms with van der Waals surface area (Å²) >= 11 is 0. The van der Waals surface area contributed by atoms with Gasteiger partial charge in [0.2, 0.25) is 0 Å². The van der Waals surface area contributed by atoms with Crippen molar-refractivity contribution in [3.63, 3.8) is 0 Å². The molecular weight excluding hydrogens is 290 g/mol. The van der Waals surface area contributed by atoms with Crippen molar-refractivity contribution in [2.45, 2.75) is 64.1 Å². The molecule has 0 aromatic heterocycles. The number of amides is 1. The van der Waals surface area contributed by atoms with E-state index in [4.69, 9.17) is 4.74 Å². The van der Waals surface area contributed by atoms with E-state index in [2.05, 4.69) is 12.1 Å². The second-order valence-corrected chi connectivity index (χ2v) is 7.53. The highest BCUT2D eigenvalue weighted by Gasteiger charge is 2.34. The lowest BCUT2D eigenvalue weighted by Gasteiger charge is -2.38. The molecule has 0 saturated carbocycles. The van der Waals surface area contributed by atoms with Gasteiger partial charge in [-0.3, -0.25) is 0 Å². The molecule has 1 amide bonds. The van der Waals surface area contributed by atoms with E-state index in [1.807, 2.05) is 39.0 Å². The standard InChI is InChI=1S/C19H29NO3/c1-18(2,3)23-17(21)20-14-12-19(22,13-15-20)11-7-10-16-8-5-4-6-9-16/h4-6,8-9,22H,7,10-15H2,1-3H3. The summed E-state index contributed by atoms with van der Waals surface area (Å²) in [6.07, 6.45) is 3.71. The maximum Gasteiger partial charge on any atom is 0.410 e. The number of benzene rings is 1. The normalized spacial score (nSPS) is 17.8. The molecule has 1 heterocycles. The number of rotatable bonds is 4. The summed E-state index contributed by atoms with van der Waals surface area (Å²) in [5, 5.41) is 10.7. The molecule has 1 N–H and O–H groups in total. The highest BCUT2D eigenvalue weighted by Crippen LogP contribution is 2.28. The number of carbonyl (C=O) groups excluding carboxylic acids is 1. The lowest BCUT2D eigenvalue weighted by atomic mass is 9.86. The minimum atomic E-state index is -0.646. The molecule has 2 rings (SSSR count). The van der Waals surface area contributed by atoms with Crippen molar-refractivity contribution >= 4 is 6.09 Å². The van der Waals surface area contributed by atoms with E-state index >= 15 is 0 Å². The lowest BCUT2D eigenvalue weighted by Crippen LogP contribution is -2.48. The molecule has 0 spiro atoms. The zero-order valence-corrected chi connectivity index (χ0v) is 14.5. The Balaban J connectivity index is 1.75. The largest absolute Gasteiger partial charge is 0.444 e. The molecule has 1 aliphatic rings. The maximum atomic E-state index is 12.0. The van der Waals surface area contributed by atoms with Crippen molar-refractivity contribution < 1.29 is 14.6 Å². The Hall–Kier alpha value is -1.55. The monoisotopic (exact) mass is 319 g/mol. The molecule has 0 atom stereocenters. The van der Waals surface area contributed by atoms with Crippen LogP contribution in [0.1, 0.15) is 52.0 Å². The van der Waals surface area contributed by atoms with Gasteiger partial charge in [-0.2, -0.15) is 0 Å². The zero-order chi connectivity index (χ0) is 16.9. The van der Waals surface area contributed by atoms with Crippen molar-refractivity contribution in [2.75, 3.05) is 13.1 Å². The molecule has 1 aromatic rings. The Bertz CT molecular complexity index is 499. The van der Waals surface area contributed by atoms with Gasteiger partial charge in [0, 0.05) is 13.1 Å². The summed E-state index contributed by atoms with van der Waals surface area (Å²) in [6.45, 7) is 6.74. The van der Waals surface area contributed by atoms with Gasteiger partial charge in [-0.15, -0.1) is 0 Å². The molecule has 23 heavy (non-hydrogen) atoms. The first-order valence-corrected chi connectivity index (χ1v) is 8.52. The number of hydrogen-bond acceptors (Lipinski definition) is 3. The zero-order valence-electron chi connectivity index (χ0n) is 14.5. The van der Waals surface area contributed by atoms with Gasteiger partial charge in [-0.05, 0) is 58.4 Å². The summed E-state index contributed by atoms with van der Waals surface area (Å²) in [6, 6.07) is 10.3. The van der Waals surface area contributed by atoms with E-state index in [0.717, 1.165) is 19.3 Å². The van der Waals surface area contributed by atoms with Crippen LogP contribution in [0.25, 0.3) is 0 Å². The summed E-state index contributed by atoms with van der Waals surface area (Å²) in [5.41, 5.74) is 0.190. The summed E-state index contributed by atoms with van der Waals surface area (Å²) in [7, 11) is 0. The van der Waals surface area contributed by atoms with Crippen LogP contribution in [-0.2, 0) is 11.2 Å². The number of ether oxygens (including phenoxy) is 1. The van der Waals surface area contributed by atoms with E-state index in [0.29, 0.717) is 25.9 Å². The molecule has 1 aromatic carbocycles. The molecule has 1 aliphatic heterocycles. The highest BCUT2D eigenvalue weighted by atomic mass is 16.6. The van der Waals surface area contributed by atoms with Gasteiger partial charge in [0.1, 0.15) is 5.60 Å². The molecule has 0 bridgehead atoms. The average molecular weight is 319 g/mol. The fourth-order valence-electron chi connectivity index (χ4n) is 2.95. The molecule has 4 nitrogen and oxygen atoms in total. The van der Waals surface area contributed by atoms with Crippen LogP contribution in [0.2, 0.25) is 0 Å². The minimum absolute atomic E-state index is 0.274. The van der Waals surface area contributed by atoms with Gasteiger partial charge < -0.3 is 14.7 Å². The fourth-order valence-corrected chi connectivity index (χ4v) is 2.95. The van der Waals surface area contributed by atoms with Crippen LogP contribution in [0.15, 0.2) is 30.3 Å². The Morgan fingerprint density at radius 3 is 2.39 bits per heavy atom. The van der Waals surface area contributed by atoms with E-state index in [9.17, 15) is 9.90 Å². The number of aryl methyl sites for hydroxylation is 1. The third kappa shape index (κ3) is 5.87. The second kappa shape index (κ2) is 7.35. The van der Waals surface area contributed by atoms with E-state index < -0.39 is 11.2 Å². The van der Waals surface area contributed by atoms with Crippen LogP contribution in [0.3, 0.4) is 0 Å². The van der Waals surface area contributed by atoms with Gasteiger partial charge in [-0.1, -0.05) is 30.3 Å². The Morgan fingerprint density at radius 2 is 1.83 bits per heavy atom. The number of aliphatic hydroxyl groups is 1. The third-order valence-electron chi connectivity index (χ3n) is 4.30. The van der Waals surface area contributed by atoms with E-state index in [1.165, 1.54) is 5.56 Å². The Labute approximate surface area is 139 Å². The van der Waals surface area contributed by atoms with Crippen LogP contribution < -0.4 is 0 Å². The number of hydrogen-bond donors (Lipinski definition) is 1. The topological polar surface area (TPSA) is 49.8 Å². The Kier molecular flexibility index (Phi) is 5.69. The predicted octanol–water partition coefficient (Wildman–Crippen LogP) is 3.77. The SMILES string of the molecule is CC(C)(C)OC(=O)N1CCC(O)(CCCc2ccccc2)CC1. The molecule has 1 fully saturated rings. The van der Waals surface area contributed by atoms with Crippen LogP contribution in [0, 0.1) is 0 Å². The van der Waals surface area contributed by atoms with Gasteiger partial charge in [0.05, 0.1) is 5.60 Å². The molecule has 4 heteroatoms. The van der Waals surface area contributed by atoms with Gasteiger partial charge >= 0.3 is 6.09 Å². The number of likely N-dealkylation sites (tertiary alicyclic amines) is 1. The van der Waals surface area contributed by atoms with Crippen LogP contribution in [-0.4, -0.2) is 40.4 Å². The first-order chi connectivity index (χ1) is 10.8. The van der Waals surface area contributed by atoms with Crippen molar-refractivity contribution in [2.24, 2.45) is 0 Å². The molecule has 0 unspecified atom stereocenters. The number of nitrogens with zero attached hydrogens (tertiary/aromatic N) is 1. The summed E-state index contributed by atoms with van der Waals surface area (Å²) in [5.74, 6) is 0. The number of piperidine rings is 1. The summed E-state index contributed by atoms with van der Waals surface area (Å²) in [4.78, 5) is 13.8. The molecule has 0 aliphatic carbocycles. The van der Waals surface area contributed by atoms with Crippen LogP contribution in [0.4, 0.5) is 4.79 Å². The average Bonchev–Trinajstić information content (AvgIpc) is 2.47. The first kappa shape index (κ1) is 17.8. The highest BCUT2D eigenvalue weighted by molar-refractivity contribution is 5.68. The van der Waals surface area contributed by atoms with Crippen molar-refractivity contribution in [1.29, 1.82) is 0 Å². The fraction of sp³-hybridized carbons (Fsp3) is 0.632. The summed E-state index contributed by atoms with van der Waals surface area (Å²) < 4.78 is 5.39.